The Labute approximate surface area is 136 Å². The maximum atomic E-state index is 12.4. The number of nitrogens with one attached hydrogen (secondary N) is 1. The standard InChI is InChI=1S/C16H26BNO3S/c1-13-5-7-14(8-6-13)9-10-15(17-20-11-12-21-17)18-22(19)16(2,3)4/h5-8,15,18H,9-12H2,1-4H3/t15-,22?/m0/s1. The highest BCUT2D eigenvalue weighted by atomic mass is 32.2. The lowest BCUT2D eigenvalue weighted by Crippen LogP contribution is -2.49. The quantitative estimate of drug-likeness (QED) is 0.818. The third-order valence-corrected chi connectivity index (χ3v) is 5.28. The molecule has 1 saturated heterocycles. The van der Waals surface area contributed by atoms with E-state index in [0.29, 0.717) is 13.2 Å². The number of rotatable bonds is 6. The van der Waals surface area contributed by atoms with E-state index in [1.54, 1.807) is 0 Å². The predicted octanol–water partition coefficient (Wildman–Crippen LogP) is 2.42. The van der Waals surface area contributed by atoms with Gasteiger partial charge >= 0.3 is 7.12 Å². The Morgan fingerprint density at radius 1 is 1.23 bits per heavy atom. The van der Waals surface area contributed by atoms with Crippen molar-refractivity contribution in [2.75, 3.05) is 13.2 Å². The first-order valence-electron chi connectivity index (χ1n) is 7.83. The summed E-state index contributed by atoms with van der Waals surface area (Å²) in [6.07, 6.45) is 1.73. The zero-order valence-corrected chi connectivity index (χ0v) is 14.7. The van der Waals surface area contributed by atoms with E-state index in [1.165, 1.54) is 11.1 Å². The molecule has 2 atom stereocenters. The van der Waals surface area contributed by atoms with Crippen molar-refractivity contribution in [1.82, 2.24) is 4.72 Å². The molecule has 0 aromatic heterocycles. The fourth-order valence-corrected chi connectivity index (χ4v) is 3.11. The van der Waals surface area contributed by atoms with Gasteiger partial charge in [0.2, 0.25) is 0 Å². The normalized spacial score (nSPS) is 18.5. The molecule has 1 aliphatic rings. The van der Waals surface area contributed by atoms with Gasteiger partial charge < -0.3 is 9.31 Å². The van der Waals surface area contributed by atoms with Crippen LogP contribution in [0.1, 0.15) is 38.3 Å². The van der Waals surface area contributed by atoms with Crippen molar-refractivity contribution >= 4 is 18.1 Å². The molecule has 0 bridgehead atoms. The number of hydrogen-bond donors (Lipinski definition) is 1. The van der Waals surface area contributed by atoms with Crippen molar-refractivity contribution in [2.45, 2.75) is 51.2 Å². The van der Waals surface area contributed by atoms with Gasteiger partial charge in [0.15, 0.2) is 0 Å². The molecule has 1 heterocycles. The van der Waals surface area contributed by atoms with Crippen LogP contribution in [0.3, 0.4) is 0 Å². The van der Waals surface area contributed by atoms with Crippen molar-refractivity contribution in [3.63, 3.8) is 0 Å². The van der Waals surface area contributed by atoms with Crippen molar-refractivity contribution in [2.24, 2.45) is 0 Å². The van der Waals surface area contributed by atoms with Crippen LogP contribution in [-0.2, 0) is 26.7 Å². The summed E-state index contributed by atoms with van der Waals surface area (Å²) in [6.45, 7) is 9.18. The van der Waals surface area contributed by atoms with Crippen LogP contribution in [0.15, 0.2) is 24.3 Å². The lowest BCUT2D eigenvalue weighted by molar-refractivity contribution is 0.350. The van der Waals surface area contributed by atoms with E-state index in [-0.39, 0.29) is 17.8 Å². The first-order valence-corrected chi connectivity index (χ1v) is 8.98. The number of benzene rings is 1. The number of aryl methyl sites for hydroxylation is 2. The van der Waals surface area contributed by atoms with Crippen molar-refractivity contribution in [3.05, 3.63) is 35.4 Å². The molecule has 0 radical (unpaired) electrons. The molecule has 4 nitrogen and oxygen atoms in total. The molecule has 122 valence electrons. The van der Waals surface area contributed by atoms with Gasteiger partial charge in [0, 0.05) is 0 Å². The minimum absolute atomic E-state index is 0.0659. The smallest absolute Gasteiger partial charge is 0.408 e. The van der Waals surface area contributed by atoms with Crippen LogP contribution in [0.4, 0.5) is 0 Å². The Morgan fingerprint density at radius 2 is 1.82 bits per heavy atom. The monoisotopic (exact) mass is 323 g/mol. The molecule has 0 amide bonds. The van der Waals surface area contributed by atoms with Crippen molar-refractivity contribution < 1.29 is 13.5 Å². The first kappa shape index (κ1) is 17.7. The predicted molar refractivity (Wildman–Crippen MR) is 92.0 cm³/mol. The molecule has 1 aromatic rings. The summed E-state index contributed by atoms with van der Waals surface area (Å²) in [5.74, 6) is -0.0659. The van der Waals surface area contributed by atoms with Gasteiger partial charge in [-0.15, -0.1) is 0 Å². The fraction of sp³-hybridized carbons (Fsp3) is 0.625. The van der Waals surface area contributed by atoms with Gasteiger partial charge in [-0.3, -0.25) is 0 Å². The van der Waals surface area contributed by atoms with E-state index in [2.05, 4.69) is 35.9 Å². The van der Waals surface area contributed by atoms with Gasteiger partial charge in [0.25, 0.3) is 0 Å². The molecular weight excluding hydrogens is 297 g/mol. The third-order valence-electron chi connectivity index (χ3n) is 3.66. The largest absolute Gasteiger partial charge is 0.476 e. The Kier molecular flexibility index (Phi) is 6.21. The highest BCUT2D eigenvalue weighted by molar-refractivity contribution is 7.84. The van der Waals surface area contributed by atoms with Crippen molar-refractivity contribution in [3.8, 4) is 0 Å². The molecule has 0 saturated carbocycles. The zero-order chi connectivity index (χ0) is 16.2. The van der Waals surface area contributed by atoms with Crippen molar-refractivity contribution in [1.29, 1.82) is 0 Å². The summed E-state index contributed by atoms with van der Waals surface area (Å²) in [5, 5.41) is 0. The van der Waals surface area contributed by atoms with Gasteiger partial charge in [0.05, 0.1) is 34.9 Å². The van der Waals surface area contributed by atoms with Crippen LogP contribution in [-0.4, -0.2) is 35.2 Å². The molecule has 1 N–H and O–H groups in total. The minimum Gasteiger partial charge on any atom is -0.408 e. The summed E-state index contributed by atoms with van der Waals surface area (Å²) >= 11 is 0. The fourth-order valence-electron chi connectivity index (χ4n) is 2.25. The Morgan fingerprint density at radius 3 is 2.36 bits per heavy atom. The highest BCUT2D eigenvalue weighted by Crippen LogP contribution is 2.16. The molecule has 6 heteroatoms. The van der Waals surface area contributed by atoms with E-state index in [0.717, 1.165) is 12.8 Å². The summed E-state index contributed by atoms with van der Waals surface area (Å²) in [7, 11) is -1.44. The second-order valence-corrected chi connectivity index (χ2v) is 8.74. The second kappa shape index (κ2) is 7.73. The van der Waals surface area contributed by atoms with E-state index >= 15 is 0 Å². The van der Waals surface area contributed by atoms with Crippen LogP contribution >= 0.6 is 0 Å². The first-order chi connectivity index (χ1) is 10.4. The molecule has 0 aliphatic carbocycles. The average Bonchev–Trinajstić information content (AvgIpc) is 2.98. The van der Waals surface area contributed by atoms with E-state index < -0.39 is 11.0 Å². The molecule has 0 spiro atoms. The van der Waals surface area contributed by atoms with Gasteiger partial charge in [-0.05, 0) is 46.1 Å². The van der Waals surface area contributed by atoms with Gasteiger partial charge in [-0.2, -0.15) is 0 Å². The maximum absolute atomic E-state index is 12.4. The lowest BCUT2D eigenvalue weighted by Gasteiger charge is -2.25. The molecule has 1 aromatic carbocycles. The molecule has 2 rings (SSSR count). The van der Waals surface area contributed by atoms with Gasteiger partial charge in [-0.1, -0.05) is 29.8 Å². The second-order valence-electron chi connectivity index (χ2n) is 6.74. The molecule has 1 unspecified atom stereocenters. The molecule has 1 fully saturated rings. The third kappa shape index (κ3) is 5.20. The summed E-state index contributed by atoms with van der Waals surface area (Å²) in [4.78, 5) is 0. The molecule has 22 heavy (non-hydrogen) atoms. The highest BCUT2D eigenvalue weighted by Gasteiger charge is 2.36. The maximum Gasteiger partial charge on any atom is 0.476 e. The van der Waals surface area contributed by atoms with Crippen LogP contribution < -0.4 is 4.72 Å². The Hall–Kier alpha value is -0.685. The van der Waals surface area contributed by atoms with E-state index in [9.17, 15) is 4.21 Å². The van der Waals surface area contributed by atoms with Crippen LogP contribution in [0.5, 0.6) is 0 Å². The summed E-state index contributed by atoms with van der Waals surface area (Å²) in [5.41, 5.74) is 2.53. The zero-order valence-electron chi connectivity index (χ0n) is 13.9. The lowest BCUT2D eigenvalue weighted by atomic mass is 9.76. The van der Waals surface area contributed by atoms with Crippen LogP contribution in [0, 0.1) is 6.92 Å². The van der Waals surface area contributed by atoms with Gasteiger partial charge in [0.1, 0.15) is 0 Å². The SMILES string of the molecule is Cc1ccc(CC[C@H](NS(=O)C(C)(C)C)B2OCCO2)cc1. The van der Waals surface area contributed by atoms with Crippen LogP contribution in [0.2, 0.25) is 0 Å². The summed E-state index contributed by atoms with van der Waals surface area (Å²) in [6, 6.07) is 8.52. The van der Waals surface area contributed by atoms with E-state index in [1.807, 2.05) is 20.8 Å². The van der Waals surface area contributed by atoms with Gasteiger partial charge in [-0.25, -0.2) is 8.93 Å². The van der Waals surface area contributed by atoms with Crippen LogP contribution in [0.25, 0.3) is 0 Å². The molecule has 1 aliphatic heterocycles. The minimum atomic E-state index is -1.13. The summed E-state index contributed by atoms with van der Waals surface area (Å²) < 4.78 is 26.5. The number of hydrogen-bond acceptors (Lipinski definition) is 3. The molecular formula is C16H26BNO3S. The average molecular weight is 323 g/mol. The van der Waals surface area contributed by atoms with E-state index in [4.69, 9.17) is 9.31 Å². The Bertz CT molecular complexity index is 495. The Balaban J connectivity index is 1.98. The topological polar surface area (TPSA) is 47.6 Å².